The lowest BCUT2D eigenvalue weighted by Gasteiger charge is -2.23. The number of rotatable bonds is 1. The number of amides is 1. The van der Waals surface area contributed by atoms with E-state index < -0.39 is 0 Å². The van der Waals surface area contributed by atoms with E-state index in [-0.39, 0.29) is 11.2 Å². The highest BCUT2D eigenvalue weighted by atomic mass is 32.2. The predicted octanol–water partition coefficient (Wildman–Crippen LogP) is 2.82. The zero-order valence-electron chi connectivity index (χ0n) is 8.33. The zero-order chi connectivity index (χ0) is 10.1. The van der Waals surface area contributed by atoms with Gasteiger partial charge in [0.25, 0.3) is 0 Å². The highest BCUT2D eigenvalue weighted by Gasteiger charge is 2.24. The van der Waals surface area contributed by atoms with E-state index in [0.29, 0.717) is 0 Å². The molecule has 1 N–H and O–H groups in total. The molecule has 3 heteroatoms. The molecule has 0 saturated carbocycles. The van der Waals surface area contributed by atoms with Crippen LogP contribution in [0.15, 0.2) is 23.1 Å². The SMILES string of the molecule is CCC1Sc2cc(C)ccc2NC1=O. The average Bonchev–Trinajstić information content (AvgIpc) is 2.17. The maximum absolute atomic E-state index is 11.5. The van der Waals surface area contributed by atoms with Gasteiger partial charge < -0.3 is 5.32 Å². The molecule has 0 bridgehead atoms. The fraction of sp³-hybridized carbons (Fsp3) is 0.364. The summed E-state index contributed by atoms with van der Waals surface area (Å²) in [6.07, 6.45) is 0.879. The molecular formula is C11H13NOS. The number of benzene rings is 1. The minimum absolute atomic E-state index is 0.0734. The number of hydrogen-bond donors (Lipinski definition) is 1. The van der Waals surface area contributed by atoms with Gasteiger partial charge in [0, 0.05) is 4.90 Å². The van der Waals surface area contributed by atoms with Crippen molar-refractivity contribution in [1.29, 1.82) is 0 Å². The molecule has 1 unspecified atom stereocenters. The molecule has 1 aromatic carbocycles. The largest absolute Gasteiger partial charge is 0.324 e. The molecule has 0 saturated heterocycles. The zero-order valence-corrected chi connectivity index (χ0v) is 9.15. The van der Waals surface area contributed by atoms with Crippen molar-refractivity contribution in [2.24, 2.45) is 0 Å². The molecule has 14 heavy (non-hydrogen) atoms. The van der Waals surface area contributed by atoms with Gasteiger partial charge in [0.05, 0.1) is 10.9 Å². The van der Waals surface area contributed by atoms with Crippen molar-refractivity contribution >= 4 is 23.4 Å². The monoisotopic (exact) mass is 207 g/mol. The van der Waals surface area contributed by atoms with E-state index in [1.165, 1.54) is 10.5 Å². The Morgan fingerprint density at radius 3 is 3.00 bits per heavy atom. The van der Waals surface area contributed by atoms with Crippen LogP contribution >= 0.6 is 11.8 Å². The van der Waals surface area contributed by atoms with Gasteiger partial charge in [-0.3, -0.25) is 4.79 Å². The van der Waals surface area contributed by atoms with Crippen molar-refractivity contribution in [3.63, 3.8) is 0 Å². The summed E-state index contributed by atoms with van der Waals surface area (Å²) in [5.41, 5.74) is 2.19. The van der Waals surface area contributed by atoms with Crippen LogP contribution in [0.5, 0.6) is 0 Å². The van der Waals surface area contributed by atoms with Crippen LogP contribution < -0.4 is 5.32 Å². The van der Waals surface area contributed by atoms with Crippen LogP contribution in [0.2, 0.25) is 0 Å². The lowest BCUT2D eigenvalue weighted by Crippen LogP contribution is -2.28. The van der Waals surface area contributed by atoms with Crippen molar-refractivity contribution in [1.82, 2.24) is 0 Å². The Hall–Kier alpha value is -0.960. The fourth-order valence-electron chi connectivity index (χ4n) is 1.52. The van der Waals surface area contributed by atoms with Crippen LogP contribution in [-0.4, -0.2) is 11.2 Å². The summed E-state index contributed by atoms with van der Waals surface area (Å²) in [7, 11) is 0. The van der Waals surface area contributed by atoms with Crippen molar-refractivity contribution in [3.8, 4) is 0 Å². The molecule has 1 amide bonds. The first-order valence-electron chi connectivity index (χ1n) is 4.79. The van der Waals surface area contributed by atoms with Crippen molar-refractivity contribution in [3.05, 3.63) is 23.8 Å². The van der Waals surface area contributed by atoms with E-state index in [1.54, 1.807) is 11.8 Å². The number of aryl methyl sites for hydroxylation is 1. The molecule has 0 spiro atoms. The number of nitrogens with one attached hydrogen (secondary N) is 1. The molecule has 1 heterocycles. The van der Waals surface area contributed by atoms with Crippen LogP contribution in [-0.2, 0) is 4.79 Å². The number of carbonyl (C=O) groups excluding carboxylic acids is 1. The summed E-state index contributed by atoms with van der Waals surface area (Å²) in [4.78, 5) is 12.7. The number of carbonyl (C=O) groups is 1. The average molecular weight is 207 g/mol. The Morgan fingerprint density at radius 1 is 1.50 bits per heavy atom. The van der Waals surface area contributed by atoms with Gasteiger partial charge in [-0.05, 0) is 31.0 Å². The molecule has 0 aromatic heterocycles. The van der Waals surface area contributed by atoms with Crippen LogP contribution in [0.4, 0.5) is 5.69 Å². The molecule has 1 aliphatic heterocycles. The Labute approximate surface area is 88.1 Å². The van der Waals surface area contributed by atoms with Crippen molar-refractivity contribution in [2.45, 2.75) is 30.4 Å². The lowest BCUT2D eigenvalue weighted by molar-refractivity contribution is -0.115. The number of fused-ring (bicyclic) bond motifs is 1. The van der Waals surface area contributed by atoms with Crippen LogP contribution in [0, 0.1) is 6.92 Å². The Bertz CT molecular complexity index is 376. The smallest absolute Gasteiger partial charge is 0.237 e. The fourth-order valence-corrected chi connectivity index (χ4v) is 2.66. The number of anilines is 1. The number of hydrogen-bond acceptors (Lipinski definition) is 2. The van der Waals surface area contributed by atoms with Gasteiger partial charge in [-0.15, -0.1) is 11.8 Å². The van der Waals surface area contributed by atoms with Gasteiger partial charge in [0.2, 0.25) is 5.91 Å². The quantitative estimate of drug-likeness (QED) is 0.767. The minimum atomic E-state index is 0.0734. The first-order valence-corrected chi connectivity index (χ1v) is 5.67. The van der Waals surface area contributed by atoms with Gasteiger partial charge in [-0.2, -0.15) is 0 Å². The molecule has 0 radical (unpaired) electrons. The van der Waals surface area contributed by atoms with E-state index >= 15 is 0 Å². The molecule has 74 valence electrons. The molecule has 1 atom stereocenters. The standard InChI is InChI=1S/C11H13NOS/c1-3-9-11(13)12-8-5-4-7(2)6-10(8)14-9/h4-6,9H,3H2,1-2H3,(H,12,13). The third kappa shape index (κ3) is 1.64. The lowest BCUT2D eigenvalue weighted by atomic mass is 10.2. The van der Waals surface area contributed by atoms with E-state index in [4.69, 9.17) is 0 Å². The number of thioether (sulfide) groups is 1. The molecule has 0 fully saturated rings. The van der Waals surface area contributed by atoms with Crippen molar-refractivity contribution < 1.29 is 4.79 Å². The normalized spacial score (nSPS) is 20.1. The summed E-state index contributed by atoms with van der Waals surface area (Å²) in [6.45, 7) is 4.11. The molecule has 2 rings (SSSR count). The summed E-state index contributed by atoms with van der Waals surface area (Å²) in [6, 6.07) is 6.12. The summed E-state index contributed by atoms with van der Waals surface area (Å²) < 4.78 is 0. The highest BCUT2D eigenvalue weighted by molar-refractivity contribution is 8.01. The maximum atomic E-state index is 11.5. The third-order valence-electron chi connectivity index (χ3n) is 2.33. The summed E-state index contributed by atoms with van der Waals surface area (Å²) in [5.74, 6) is 0.133. The Morgan fingerprint density at radius 2 is 2.29 bits per heavy atom. The first-order chi connectivity index (χ1) is 6.70. The van der Waals surface area contributed by atoms with E-state index in [1.807, 2.05) is 19.1 Å². The van der Waals surface area contributed by atoms with Gasteiger partial charge >= 0.3 is 0 Å². The molecule has 1 aliphatic rings. The molecule has 2 nitrogen and oxygen atoms in total. The molecule has 0 aliphatic carbocycles. The second-order valence-electron chi connectivity index (χ2n) is 3.50. The van der Waals surface area contributed by atoms with Gasteiger partial charge in [0.15, 0.2) is 0 Å². The second kappa shape index (κ2) is 3.65. The van der Waals surface area contributed by atoms with Crippen LogP contribution in [0.25, 0.3) is 0 Å². The highest BCUT2D eigenvalue weighted by Crippen LogP contribution is 2.37. The van der Waals surface area contributed by atoms with Crippen LogP contribution in [0.3, 0.4) is 0 Å². The molecular weight excluding hydrogens is 194 g/mol. The van der Waals surface area contributed by atoms with Crippen molar-refractivity contribution in [2.75, 3.05) is 5.32 Å². The topological polar surface area (TPSA) is 29.1 Å². The first kappa shape index (κ1) is 9.59. The van der Waals surface area contributed by atoms with Gasteiger partial charge in [0.1, 0.15) is 0 Å². The second-order valence-corrected chi connectivity index (χ2v) is 4.75. The van der Waals surface area contributed by atoms with Crippen LogP contribution in [0.1, 0.15) is 18.9 Å². The van der Waals surface area contributed by atoms with E-state index in [0.717, 1.165) is 12.1 Å². The molecule has 1 aromatic rings. The van der Waals surface area contributed by atoms with Gasteiger partial charge in [-0.1, -0.05) is 13.0 Å². The predicted molar refractivity (Wildman–Crippen MR) is 59.7 cm³/mol. The third-order valence-corrected chi connectivity index (χ3v) is 3.75. The minimum Gasteiger partial charge on any atom is -0.324 e. The Balaban J connectivity index is 2.36. The van der Waals surface area contributed by atoms with Gasteiger partial charge in [-0.25, -0.2) is 0 Å². The Kier molecular flexibility index (Phi) is 2.50. The maximum Gasteiger partial charge on any atom is 0.237 e. The van der Waals surface area contributed by atoms with E-state index in [2.05, 4.69) is 18.3 Å². The van der Waals surface area contributed by atoms with E-state index in [9.17, 15) is 4.79 Å². The summed E-state index contributed by atoms with van der Waals surface area (Å²) in [5, 5.41) is 3.00. The summed E-state index contributed by atoms with van der Waals surface area (Å²) >= 11 is 1.67.